The number of anilines is 1. The predicted molar refractivity (Wildman–Crippen MR) is 145 cm³/mol. The molecule has 37 heavy (non-hydrogen) atoms. The average molecular weight is 528 g/mol. The number of piperazine rings is 1. The summed E-state index contributed by atoms with van der Waals surface area (Å²) >= 11 is 1.60. The molecule has 0 aliphatic carbocycles. The van der Waals surface area contributed by atoms with E-state index in [4.69, 9.17) is 4.74 Å². The van der Waals surface area contributed by atoms with Gasteiger partial charge in [0.25, 0.3) is 5.91 Å². The Balaban J connectivity index is 1.21. The molecule has 9 nitrogen and oxygen atoms in total. The molecule has 3 heterocycles. The molecule has 2 N–H and O–H groups in total. The van der Waals surface area contributed by atoms with Gasteiger partial charge < -0.3 is 25.2 Å². The van der Waals surface area contributed by atoms with E-state index in [1.165, 1.54) is 0 Å². The smallest absolute Gasteiger partial charge is 0.410 e. The maximum Gasteiger partial charge on any atom is 0.410 e. The van der Waals surface area contributed by atoms with Gasteiger partial charge in [0.1, 0.15) is 5.60 Å². The van der Waals surface area contributed by atoms with Gasteiger partial charge in [-0.25, -0.2) is 9.59 Å². The number of ether oxygens (including phenoxy) is 1. The van der Waals surface area contributed by atoms with Gasteiger partial charge in [-0.15, -0.1) is 11.3 Å². The van der Waals surface area contributed by atoms with Crippen molar-refractivity contribution in [1.29, 1.82) is 0 Å². The number of carbonyl (C=O) groups is 3. The summed E-state index contributed by atoms with van der Waals surface area (Å²) in [7, 11) is 0. The fraction of sp³-hybridized carbons (Fsp3) is 0.519. The molecule has 0 unspecified atom stereocenters. The summed E-state index contributed by atoms with van der Waals surface area (Å²) in [5.74, 6) is -0.169. The SMILES string of the molecule is CC(C)(C)OC(=O)N1CCN(C2CCN(C(=O)Nc3cccc(C(=O)NCc4cccs4)c3)CC2)CC1. The van der Waals surface area contributed by atoms with Gasteiger partial charge in [0.15, 0.2) is 0 Å². The number of nitrogens with one attached hydrogen (secondary N) is 2. The number of hydrogen-bond acceptors (Lipinski definition) is 6. The molecule has 10 heteroatoms. The van der Waals surface area contributed by atoms with Crippen molar-refractivity contribution in [3.05, 3.63) is 52.2 Å². The quantitative estimate of drug-likeness (QED) is 0.607. The lowest BCUT2D eigenvalue weighted by molar-refractivity contribution is 0.00684. The third-order valence-electron chi connectivity index (χ3n) is 6.61. The zero-order chi connectivity index (χ0) is 26.4. The van der Waals surface area contributed by atoms with Gasteiger partial charge >= 0.3 is 12.1 Å². The molecule has 2 fully saturated rings. The topological polar surface area (TPSA) is 94.2 Å². The van der Waals surface area contributed by atoms with E-state index in [2.05, 4.69) is 15.5 Å². The Morgan fingerprint density at radius 1 is 0.973 bits per heavy atom. The van der Waals surface area contributed by atoms with Crippen LogP contribution in [0.25, 0.3) is 0 Å². The minimum Gasteiger partial charge on any atom is -0.444 e. The fourth-order valence-electron chi connectivity index (χ4n) is 4.65. The van der Waals surface area contributed by atoms with Crippen LogP contribution in [0.15, 0.2) is 41.8 Å². The summed E-state index contributed by atoms with van der Waals surface area (Å²) in [6.45, 7) is 10.4. The Morgan fingerprint density at radius 2 is 1.70 bits per heavy atom. The van der Waals surface area contributed by atoms with Crippen LogP contribution >= 0.6 is 11.3 Å². The second-order valence-electron chi connectivity index (χ2n) is 10.5. The molecule has 0 bridgehead atoms. The molecule has 0 spiro atoms. The first-order chi connectivity index (χ1) is 17.7. The first-order valence-corrected chi connectivity index (χ1v) is 13.7. The molecule has 1 aromatic carbocycles. The summed E-state index contributed by atoms with van der Waals surface area (Å²) in [6.07, 6.45) is 1.54. The molecule has 0 saturated carbocycles. The number of piperidine rings is 1. The summed E-state index contributed by atoms with van der Waals surface area (Å²) in [5.41, 5.74) is 0.632. The van der Waals surface area contributed by atoms with E-state index in [0.29, 0.717) is 50.0 Å². The number of carbonyl (C=O) groups excluding carboxylic acids is 3. The second kappa shape index (κ2) is 12.0. The highest BCUT2D eigenvalue weighted by Gasteiger charge is 2.31. The Labute approximate surface area is 222 Å². The van der Waals surface area contributed by atoms with Crippen LogP contribution in [-0.2, 0) is 11.3 Å². The lowest BCUT2D eigenvalue weighted by Gasteiger charge is -2.42. The van der Waals surface area contributed by atoms with Gasteiger partial charge in [-0.2, -0.15) is 0 Å². The minimum atomic E-state index is -0.487. The zero-order valence-corrected chi connectivity index (χ0v) is 22.7. The average Bonchev–Trinajstić information content (AvgIpc) is 3.40. The van der Waals surface area contributed by atoms with Crippen molar-refractivity contribution >= 4 is 35.1 Å². The van der Waals surface area contributed by atoms with Gasteiger partial charge in [0.2, 0.25) is 0 Å². The highest BCUT2D eigenvalue weighted by molar-refractivity contribution is 7.09. The fourth-order valence-corrected chi connectivity index (χ4v) is 5.30. The number of urea groups is 1. The summed E-state index contributed by atoms with van der Waals surface area (Å²) < 4.78 is 5.49. The summed E-state index contributed by atoms with van der Waals surface area (Å²) in [5, 5.41) is 7.84. The van der Waals surface area contributed by atoms with Crippen LogP contribution in [0.3, 0.4) is 0 Å². The molecular weight excluding hydrogens is 490 g/mol. The molecule has 200 valence electrons. The van der Waals surface area contributed by atoms with Crippen LogP contribution in [-0.4, -0.2) is 83.6 Å². The van der Waals surface area contributed by atoms with Crippen LogP contribution in [0.1, 0.15) is 48.8 Å². The van der Waals surface area contributed by atoms with E-state index in [-0.39, 0.29) is 18.0 Å². The summed E-state index contributed by atoms with van der Waals surface area (Å²) in [4.78, 5) is 44.8. The van der Waals surface area contributed by atoms with Crippen molar-refractivity contribution in [2.75, 3.05) is 44.6 Å². The lowest BCUT2D eigenvalue weighted by atomic mass is 10.0. The first kappa shape index (κ1) is 26.9. The van der Waals surface area contributed by atoms with E-state index in [1.807, 2.05) is 43.2 Å². The Kier molecular flexibility index (Phi) is 8.71. The molecule has 4 amide bonds. The number of thiophene rings is 1. The molecule has 2 aromatic rings. The van der Waals surface area contributed by atoms with E-state index in [9.17, 15) is 14.4 Å². The molecular formula is C27H37N5O4S. The number of amides is 4. The highest BCUT2D eigenvalue weighted by atomic mass is 32.1. The Hall–Kier alpha value is -3.11. The normalized spacial score (nSPS) is 17.4. The van der Waals surface area contributed by atoms with E-state index in [0.717, 1.165) is 30.8 Å². The zero-order valence-electron chi connectivity index (χ0n) is 21.9. The molecule has 2 aliphatic rings. The maximum absolute atomic E-state index is 12.9. The van der Waals surface area contributed by atoms with Crippen molar-refractivity contribution in [3.63, 3.8) is 0 Å². The first-order valence-electron chi connectivity index (χ1n) is 12.9. The van der Waals surface area contributed by atoms with Gasteiger partial charge in [-0.05, 0) is 63.3 Å². The van der Waals surface area contributed by atoms with Gasteiger partial charge in [0.05, 0.1) is 6.54 Å². The van der Waals surface area contributed by atoms with Crippen molar-refractivity contribution in [3.8, 4) is 0 Å². The lowest BCUT2D eigenvalue weighted by Crippen LogP contribution is -2.55. The van der Waals surface area contributed by atoms with E-state index < -0.39 is 5.60 Å². The van der Waals surface area contributed by atoms with Gasteiger partial charge in [-0.1, -0.05) is 12.1 Å². The largest absolute Gasteiger partial charge is 0.444 e. The number of rotatable bonds is 5. The van der Waals surface area contributed by atoms with Crippen LogP contribution in [0.2, 0.25) is 0 Å². The Bertz CT molecular complexity index is 1070. The third-order valence-corrected chi connectivity index (χ3v) is 7.49. The van der Waals surface area contributed by atoms with Crippen molar-refractivity contribution in [1.82, 2.24) is 20.0 Å². The van der Waals surface area contributed by atoms with Crippen LogP contribution < -0.4 is 10.6 Å². The third kappa shape index (κ3) is 7.69. The summed E-state index contributed by atoms with van der Waals surface area (Å²) in [6, 6.07) is 11.2. The van der Waals surface area contributed by atoms with Crippen LogP contribution in [0.4, 0.5) is 15.3 Å². The number of likely N-dealkylation sites (tertiary alicyclic amines) is 1. The molecule has 1 aromatic heterocycles. The van der Waals surface area contributed by atoms with E-state index >= 15 is 0 Å². The second-order valence-corrected chi connectivity index (χ2v) is 11.5. The van der Waals surface area contributed by atoms with Crippen molar-refractivity contribution in [2.24, 2.45) is 0 Å². The molecule has 4 rings (SSSR count). The number of benzene rings is 1. The number of hydrogen-bond donors (Lipinski definition) is 2. The predicted octanol–water partition coefficient (Wildman–Crippen LogP) is 4.23. The van der Waals surface area contributed by atoms with Crippen molar-refractivity contribution < 1.29 is 19.1 Å². The molecule has 2 aliphatic heterocycles. The monoisotopic (exact) mass is 527 g/mol. The van der Waals surface area contributed by atoms with Crippen molar-refractivity contribution in [2.45, 2.75) is 51.8 Å². The van der Waals surface area contributed by atoms with Gasteiger partial charge in [-0.3, -0.25) is 9.69 Å². The van der Waals surface area contributed by atoms with E-state index in [1.54, 1.807) is 40.5 Å². The Morgan fingerprint density at radius 3 is 2.35 bits per heavy atom. The molecule has 0 radical (unpaired) electrons. The number of nitrogens with zero attached hydrogens (tertiary/aromatic N) is 3. The van der Waals surface area contributed by atoms with Crippen LogP contribution in [0, 0.1) is 0 Å². The highest BCUT2D eigenvalue weighted by Crippen LogP contribution is 2.21. The maximum atomic E-state index is 12.9. The molecule has 0 atom stereocenters. The molecule has 2 saturated heterocycles. The van der Waals surface area contributed by atoms with Crippen LogP contribution in [0.5, 0.6) is 0 Å². The standard InChI is InChI=1S/C27H37N5O4S/c1-27(2,3)36-26(35)32-15-13-30(14-16-32)22-9-11-31(12-10-22)25(34)29-21-7-4-6-20(18-21)24(33)28-19-23-8-5-17-37-23/h4-8,17-18,22H,9-16,19H2,1-3H3,(H,28,33)(H,29,34). The minimum absolute atomic E-state index is 0.149. The van der Waals surface area contributed by atoms with Gasteiger partial charge in [0, 0.05) is 61.4 Å².